The lowest BCUT2D eigenvalue weighted by atomic mass is 9.85. The summed E-state index contributed by atoms with van der Waals surface area (Å²) in [5.41, 5.74) is 2.62. The average molecular weight is 334 g/mol. The fourth-order valence-electron chi connectivity index (χ4n) is 3.84. The van der Waals surface area contributed by atoms with Gasteiger partial charge in [0.15, 0.2) is 0 Å². The molecule has 2 aromatic heterocycles. The van der Waals surface area contributed by atoms with Crippen LogP contribution in [0.1, 0.15) is 36.9 Å². The summed E-state index contributed by atoms with van der Waals surface area (Å²) in [5.74, 6) is -0.0442. The van der Waals surface area contributed by atoms with Gasteiger partial charge in [-0.15, -0.1) is 0 Å². The summed E-state index contributed by atoms with van der Waals surface area (Å²) in [5, 5.41) is 9.61. The molecule has 0 radical (unpaired) electrons. The number of fused-ring (bicyclic) bond motifs is 1. The first kappa shape index (κ1) is 15.6. The van der Waals surface area contributed by atoms with Crippen molar-refractivity contribution in [1.82, 2.24) is 24.8 Å². The minimum atomic E-state index is -0.844. The van der Waals surface area contributed by atoms with E-state index in [1.54, 1.807) is 23.6 Å². The van der Waals surface area contributed by atoms with Gasteiger partial charge in [0.05, 0.1) is 17.5 Å². The molecule has 2 aliphatic rings. The number of nitriles is 1. The van der Waals surface area contributed by atoms with E-state index in [4.69, 9.17) is 0 Å². The largest absolute Gasteiger partial charge is 0.336 e. The molecule has 1 fully saturated rings. The van der Waals surface area contributed by atoms with Gasteiger partial charge in [-0.25, -0.2) is 19.9 Å². The van der Waals surface area contributed by atoms with Gasteiger partial charge in [-0.05, 0) is 12.8 Å². The summed E-state index contributed by atoms with van der Waals surface area (Å²) in [6.07, 6.45) is 10.3. The lowest BCUT2D eigenvalue weighted by Crippen LogP contribution is -2.44. The third-order valence-electron chi connectivity index (χ3n) is 5.20. The minimum Gasteiger partial charge on any atom is -0.336 e. The third kappa shape index (κ3) is 2.64. The molecule has 7 heteroatoms. The van der Waals surface area contributed by atoms with Gasteiger partial charge in [0.25, 0.3) is 0 Å². The van der Waals surface area contributed by atoms with Crippen LogP contribution in [0.15, 0.2) is 25.0 Å². The molecule has 25 heavy (non-hydrogen) atoms. The second kappa shape index (κ2) is 6.20. The Labute approximate surface area is 145 Å². The highest BCUT2D eigenvalue weighted by atomic mass is 16.2. The Hall–Kier alpha value is -2.88. The van der Waals surface area contributed by atoms with E-state index in [1.807, 2.05) is 0 Å². The van der Waals surface area contributed by atoms with Gasteiger partial charge in [-0.2, -0.15) is 5.26 Å². The molecule has 2 aromatic rings. The van der Waals surface area contributed by atoms with Crippen LogP contribution in [-0.4, -0.2) is 37.3 Å². The maximum absolute atomic E-state index is 13.0. The number of amides is 1. The van der Waals surface area contributed by atoms with Gasteiger partial charge in [0.1, 0.15) is 18.1 Å². The number of carbonyl (C=O) groups excluding carboxylic acids is 1. The van der Waals surface area contributed by atoms with E-state index in [-0.39, 0.29) is 5.91 Å². The number of hydrogen-bond acceptors (Lipinski definition) is 6. The van der Waals surface area contributed by atoms with Crippen molar-refractivity contribution in [3.8, 4) is 17.3 Å². The Bertz CT molecular complexity index is 838. The van der Waals surface area contributed by atoms with Crippen LogP contribution >= 0.6 is 0 Å². The molecule has 7 nitrogen and oxygen atoms in total. The van der Waals surface area contributed by atoms with E-state index in [9.17, 15) is 10.1 Å². The maximum Gasteiger partial charge on any atom is 0.243 e. The van der Waals surface area contributed by atoms with E-state index in [0.717, 1.165) is 35.4 Å². The molecule has 0 saturated heterocycles. The zero-order chi connectivity index (χ0) is 17.3. The monoisotopic (exact) mass is 334 g/mol. The zero-order valence-corrected chi connectivity index (χ0v) is 13.9. The lowest BCUT2D eigenvalue weighted by molar-refractivity contribution is -0.139. The molecule has 126 valence electrons. The van der Waals surface area contributed by atoms with Gasteiger partial charge < -0.3 is 4.90 Å². The molecular weight excluding hydrogens is 316 g/mol. The maximum atomic E-state index is 13.0. The first-order chi connectivity index (χ1) is 12.2. The molecule has 1 aliphatic carbocycles. The van der Waals surface area contributed by atoms with E-state index >= 15 is 0 Å². The van der Waals surface area contributed by atoms with Crippen LogP contribution in [0.5, 0.6) is 0 Å². The summed E-state index contributed by atoms with van der Waals surface area (Å²) < 4.78 is 0. The standard InChI is InChI=1S/C18H18N6O/c19-10-18(4-1-2-5-18)17(25)24-6-3-15-14(9-24)16(23-12-22-15)13-7-20-11-21-8-13/h7-8,11-12H,1-6,9H2. The highest BCUT2D eigenvalue weighted by Gasteiger charge is 2.44. The molecule has 3 heterocycles. The quantitative estimate of drug-likeness (QED) is 0.832. The van der Waals surface area contributed by atoms with Crippen LogP contribution in [0, 0.1) is 16.7 Å². The van der Waals surface area contributed by atoms with Crippen LogP contribution in [-0.2, 0) is 17.8 Å². The Morgan fingerprint density at radius 3 is 2.64 bits per heavy atom. The van der Waals surface area contributed by atoms with Crippen molar-refractivity contribution in [2.45, 2.75) is 38.6 Å². The van der Waals surface area contributed by atoms with Crippen LogP contribution in [0.3, 0.4) is 0 Å². The SMILES string of the molecule is N#CC1(C(=O)N2CCc3ncnc(-c4cncnc4)c3C2)CCCC1. The van der Waals surface area contributed by atoms with Gasteiger partial charge in [0, 0.05) is 43.0 Å². The number of carbonyl (C=O) groups is 1. The molecule has 1 saturated carbocycles. The molecule has 0 spiro atoms. The number of aromatic nitrogens is 4. The zero-order valence-electron chi connectivity index (χ0n) is 13.9. The van der Waals surface area contributed by atoms with Crippen LogP contribution in [0.25, 0.3) is 11.3 Å². The summed E-state index contributed by atoms with van der Waals surface area (Å²) in [6, 6.07) is 2.30. The molecular formula is C18H18N6O. The second-order valence-corrected chi connectivity index (χ2v) is 6.65. The third-order valence-corrected chi connectivity index (χ3v) is 5.20. The van der Waals surface area contributed by atoms with E-state index in [0.29, 0.717) is 32.4 Å². The van der Waals surface area contributed by atoms with Gasteiger partial charge in [-0.3, -0.25) is 4.79 Å². The molecule has 0 unspecified atom stereocenters. The van der Waals surface area contributed by atoms with Crippen molar-refractivity contribution in [3.63, 3.8) is 0 Å². The van der Waals surface area contributed by atoms with Crippen LogP contribution in [0.2, 0.25) is 0 Å². The number of hydrogen-bond donors (Lipinski definition) is 0. The summed E-state index contributed by atoms with van der Waals surface area (Å²) in [6.45, 7) is 1.03. The van der Waals surface area contributed by atoms with E-state index in [1.165, 1.54) is 6.33 Å². The Morgan fingerprint density at radius 2 is 1.92 bits per heavy atom. The number of rotatable bonds is 2. The molecule has 0 atom stereocenters. The average Bonchev–Trinajstić information content (AvgIpc) is 3.17. The second-order valence-electron chi connectivity index (χ2n) is 6.65. The van der Waals surface area contributed by atoms with Gasteiger partial charge >= 0.3 is 0 Å². The molecule has 0 N–H and O–H groups in total. The van der Waals surface area contributed by atoms with Crippen molar-refractivity contribution in [1.29, 1.82) is 5.26 Å². The highest BCUT2D eigenvalue weighted by Crippen LogP contribution is 2.40. The predicted octanol–water partition coefficient (Wildman–Crippen LogP) is 1.90. The smallest absolute Gasteiger partial charge is 0.243 e. The Balaban J connectivity index is 1.67. The van der Waals surface area contributed by atoms with E-state index < -0.39 is 5.41 Å². The predicted molar refractivity (Wildman–Crippen MR) is 88.7 cm³/mol. The number of nitrogens with zero attached hydrogens (tertiary/aromatic N) is 6. The van der Waals surface area contributed by atoms with E-state index in [2.05, 4.69) is 26.0 Å². The molecule has 0 bridgehead atoms. The van der Waals surface area contributed by atoms with Crippen LogP contribution in [0.4, 0.5) is 0 Å². The van der Waals surface area contributed by atoms with Crippen molar-refractivity contribution < 1.29 is 4.79 Å². The van der Waals surface area contributed by atoms with Crippen molar-refractivity contribution in [2.75, 3.05) is 6.54 Å². The van der Waals surface area contributed by atoms with Gasteiger partial charge in [-0.1, -0.05) is 12.8 Å². The summed E-state index contributed by atoms with van der Waals surface area (Å²) in [4.78, 5) is 31.7. The Kier molecular flexibility index (Phi) is 3.88. The first-order valence-electron chi connectivity index (χ1n) is 8.52. The lowest BCUT2D eigenvalue weighted by Gasteiger charge is -2.33. The molecule has 1 amide bonds. The topological polar surface area (TPSA) is 95.7 Å². The van der Waals surface area contributed by atoms with Crippen molar-refractivity contribution in [2.24, 2.45) is 5.41 Å². The summed E-state index contributed by atoms with van der Waals surface area (Å²) >= 11 is 0. The molecule has 1 aliphatic heterocycles. The Morgan fingerprint density at radius 1 is 1.16 bits per heavy atom. The first-order valence-corrected chi connectivity index (χ1v) is 8.52. The molecule has 4 rings (SSSR count). The molecule has 0 aromatic carbocycles. The highest BCUT2D eigenvalue weighted by molar-refractivity contribution is 5.86. The van der Waals surface area contributed by atoms with Crippen molar-refractivity contribution in [3.05, 3.63) is 36.3 Å². The fraction of sp³-hybridized carbons (Fsp3) is 0.444. The van der Waals surface area contributed by atoms with Crippen LogP contribution < -0.4 is 0 Å². The van der Waals surface area contributed by atoms with Crippen molar-refractivity contribution >= 4 is 5.91 Å². The fourth-order valence-corrected chi connectivity index (χ4v) is 3.84. The van der Waals surface area contributed by atoms with Gasteiger partial charge in [0.2, 0.25) is 5.91 Å². The minimum absolute atomic E-state index is 0.0442. The summed E-state index contributed by atoms with van der Waals surface area (Å²) in [7, 11) is 0. The normalized spacial score (nSPS) is 18.4.